The van der Waals surface area contributed by atoms with Crippen molar-refractivity contribution >= 4 is 17.6 Å². The molecule has 1 aliphatic carbocycles. The number of rotatable bonds is 5. The molecule has 0 unspecified atom stereocenters. The van der Waals surface area contributed by atoms with Gasteiger partial charge in [-0.3, -0.25) is 4.79 Å². The summed E-state index contributed by atoms with van der Waals surface area (Å²) in [5, 5.41) is 5.53. The van der Waals surface area contributed by atoms with Gasteiger partial charge in [-0.2, -0.15) is 13.2 Å². The van der Waals surface area contributed by atoms with Crippen LogP contribution in [0.1, 0.15) is 23.5 Å². The first-order chi connectivity index (χ1) is 13.8. The van der Waals surface area contributed by atoms with Crippen molar-refractivity contribution in [1.82, 2.24) is 5.32 Å². The average molecular weight is 402 g/mol. The van der Waals surface area contributed by atoms with Crippen molar-refractivity contribution in [2.24, 2.45) is 0 Å². The first-order valence-corrected chi connectivity index (χ1v) is 9.03. The fourth-order valence-corrected chi connectivity index (χ4v) is 3.34. The molecule has 2 aliphatic rings. The number of benzene rings is 2. The van der Waals surface area contributed by atoms with E-state index in [1.54, 1.807) is 0 Å². The van der Waals surface area contributed by atoms with Crippen LogP contribution in [0, 0.1) is 0 Å². The Bertz CT molecular complexity index is 986. The number of halogens is 3. The van der Waals surface area contributed by atoms with Crippen molar-refractivity contribution in [2.75, 3.05) is 11.9 Å². The molecule has 1 saturated carbocycles. The van der Waals surface area contributed by atoms with Crippen molar-refractivity contribution in [3.8, 4) is 0 Å². The zero-order chi connectivity index (χ0) is 20.6. The number of nitrogens with one attached hydrogen (secondary N) is 2. The van der Waals surface area contributed by atoms with Crippen LogP contribution in [0.15, 0.2) is 65.9 Å². The molecule has 0 spiro atoms. The highest BCUT2D eigenvalue weighted by Crippen LogP contribution is 2.41. The van der Waals surface area contributed by atoms with Crippen LogP contribution in [-0.4, -0.2) is 24.5 Å². The van der Waals surface area contributed by atoms with E-state index in [0.717, 1.165) is 24.1 Å². The van der Waals surface area contributed by atoms with Crippen LogP contribution < -0.4 is 10.6 Å². The second kappa shape index (κ2) is 7.27. The Hall–Kier alpha value is -3.29. The number of hydrogen-bond acceptors (Lipinski definition) is 4. The Morgan fingerprint density at radius 1 is 1.07 bits per heavy atom. The van der Waals surface area contributed by atoms with Gasteiger partial charge in [0.25, 0.3) is 5.91 Å². The van der Waals surface area contributed by atoms with E-state index in [-0.39, 0.29) is 35.5 Å². The van der Waals surface area contributed by atoms with Gasteiger partial charge >= 0.3 is 12.1 Å². The normalized spacial score (nSPS) is 21.0. The van der Waals surface area contributed by atoms with E-state index >= 15 is 0 Å². The first kappa shape index (κ1) is 19.0. The summed E-state index contributed by atoms with van der Waals surface area (Å²) in [6, 6.07) is 14.1. The lowest BCUT2D eigenvalue weighted by Crippen LogP contribution is -2.31. The summed E-state index contributed by atoms with van der Waals surface area (Å²) in [6.45, 7) is -0.204. The van der Waals surface area contributed by atoms with Crippen molar-refractivity contribution in [3.63, 3.8) is 0 Å². The molecule has 4 rings (SSSR count). The van der Waals surface area contributed by atoms with Gasteiger partial charge in [0.05, 0.1) is 11.3 Å². The lowest BCUT2D eigenvalue weighted by Gasteiger charge is -2.11. The molecule has 2 atom stereocenters. The molecule has 1 amide bonds. The zero-order valence-electron chi connectivity index (χ0n) is 15.1. The van der Waals surface area contributed by atoms with Gasteiger partial charge in [-0.05, 0) is 30.2 Å². The van der Waals surface area contributed by atoms with Crippen LogP contribution >= 0.6 is 0 Å². The minimum Gasteiger partial charge on any atom is -0.455 e. The topological polar surface area (TPSA) is 67.4 Å². The number of esters is 1. The summed E-state index contributed by atoms with van der Waals surface area (Å²) >= 11 is 0. The Morgan fingerprint density at radius 3 is 2.55 bits per heavy atom. The molecule has 5 nitrogen and oxygen atoms in total. The molecule has 1 heterocycles. The van der Waals surface area contributed by atoms with Crippen molar-refractivity contribution in [1.29, 1.82) is 0 Å². The van der Waals surface area contributed by atoms with E-state index in [0.29, 0.717) is 0 Å². The monoisotopic (exact) mass is 402 g/mol. The summed E-state index contributed by atoms with van der Waals surface area (Å²) in [4.78, 5) is 24.7. The third-order valence-corrected chi connectivity index (χ3v) is 4.90. The third kappa shape index (κ3) is 4.11. The van der Waals surface area contributed by atoms with E-state index in [1.807, 2.05) is 30.3 Å². The molecule has 0 bridgehead atoms. The first-order valence-electron chi connectivity index (χ1n) is 9.03. The number of anilines is 1. The van der Waals surface area contributed by atoms with Crippen LogP contribution in [-0.2, 0) is 20.5 Å². The predicted molar refractivity (Wildman–Crippen MR) is 98.8 cm³/mol. The van der Waals surface area contributed by atoms with E-state index < -0.39 is 23.6 Å². The Labute approximate surface area is 164 Å². The van der Waals surface area contributed by atoms with E-state index in [2.05, 4.69) is 10.6 Å². The Kier molecular flexibility index (Phi) is 4.77. The molecular formula is C21H17F3N2O3. The number of cyclic esters (lactones) is 1. The fraction of sp³-hybridized carbons (Fsp3) is 0.238. The quantitative estimate of drug-likeness (QED) is 0.593. The standard InChI is InChI=1S/C21H17F3N2O3/c22-21(23,24)13-7-4-8-14(9-13)25-17-11-29-20(28)18(17)19(27)26-16-10-15(16)12-5-2-1-3-6-12/h1-9,15-16,25H,10-11H2,(H,26,27)/t15-,16+/m0/s1. The number of alkyl halides is 3. The predicted octanol–water partition coefficient (Wildman–Crippen LogP) is 3.60. The molecule has 1 fully saturated rings. The molecule has 1 aliphatic heterocycles. The highest BCUT2D eigenvalue weighted by Gasteiger charge is 2.42. The van der Waals surface area contributed by atoms with Crippen molar-refractivity contribution < 1.29 is 27.5 Å². The third-order valence-electron chi connectivity index (χ3n) is 4.90. The van der Waals surface area contributed by atoms with Gasteiger partial charge in [0.1, 0.15) is 12.2 Å². The molecule has 0 radical (unpaired) electrons. The highest BCUT2D eigenvalue weighted by atomic mass is 19.4. The van der Waals surface area contributed by atoms with E-state index in [9.17, 15) is 22.8 Å². The fourth-order valence-electron chi connectivity index (χ4n) is 3.34. The molecule has 2 aromatic rings. The maximum atomic E-state index is 12.9. The van der Waals surface area contributed by atoms with Gasteiger partial charge in [0.15, 0.2) is 0 Å². The van der Waals surface area contributed by atoms with Crippen LogP contribution in [0.4, 0.5) is 18.9 Å². The molecule has 0 saturated heterocycles. The van der Waals surface area contributed by atoms with Gasteiger partial charge in [0, 0.05) is 17.6 Å². The number of carbonyl (C=O) groups is 2. The van der Waals surface area contributed by atoms with E-state index in [1.165, 1.54) is 12.1 Å². The molecular weight excluding hydrogens is 385 g/mol. The van der Waals surface area contributed by atoms with Crippen molar-refractivity contribution in [2.45, 2.75) is 24.6 Å². The summed E-state index contributed by atoms with van der Waals surface area (Å²) < 4.78 is 43.6. The largest absolute Gasteiger partial charge is 0.455 e. The SMILES string of the molecule is O=C(N[C@@H]1C[C@H]1c1ccccc1)C1=C(Nc2cccc(C(F)(F)F)c2)COC1=O. The number of carbonyl (C=O) groups excluding carboxylic acids is 2. The molecule has 2 N–H and O–H groups in total. The molecule has 0 aromatic heterocycles. The second-order valence-electron chi connectivity index (χ2n) is 6.97. The summed E-state index contributed by atoms with van der Waals surface area (Å²) in [5.74, 6) is -1.21. The molecule has 150 valence electrons. The van der Waals surface area contributed by atoms with E-state index in [4.69, 9.17) is 4.74 Å². The van der Waals surface area contributed by atoms with Crippen LogP contribution in [0.25, 0.3) is 0 Å². The number of ether oxygens (including phenoxy) is 1. The molecule has 29 heavy (non-hydrogen) atoms. The zero-order valence-corrected chi connectivity index (χ0v) is 15.1. The minimum absolute atomic E-state index is 0.0967. The lowest BCUT2D eigenvalue weighted by atomic mass is 10.1. The Balaban J connectivity index is 1.49. The summed E-state index contributed by atoms with van der Waals surface area (Å²) in [5.41, 5.74) is 0.322. The molecule has 8 heteroatoms. The van der Waals surface area contributed by atoms with Crippen LogP contribution in [0.3, 0.4) is 0 Å². The highest BCUT2D eigenvalue weighted by molar-refractivity contribution is 6.18. The number of hydrogen-bond donors (Lipinski definition) is 2. The summed E-state index contributed by atoms with van der Waals surface area (Å²) in [7, 11) is 0. The maximum absolute atomic E-state index is 12.9. The second-order valence-corrected chi connectivity index (χ2v) is 6.97. The minimum atomic E-state index is -4.49. The van der Waals surface area contributed by atoms with Gasteiger partial charge < -0.3 is 15.4 Å². The van der Waals surface area contributed by atoms with Gasteiger partial charge in [0.2, 0.25) is 0 Å². The van der Waals surface area contributed by atoms with Crippen LogP contribution in [0.5, 0.6) is 0 Å². The Morgan fingerprint density at radius 2 is 1.83 bits per heavy atom. The maximum Gasteiger partial charge on any atom is 0.416 e. The average Bonchev–Trinajstić information content (AvgIpc) is 3.36. The summed E-state index contributed by atoms with van der Waals surface area (Å²) in [6.07, 6.45) is -3.73. The smallest absolute Gasteiger partial charge is 0.416 e. The number of amides is 1. The van der Waals surface area contributed by atoms with Crippen LogP contribution in [0.2, 0.25) is 0 Å². The van der Waals surface area contributed by atoms with Gasteiger partial charge in [-0.1, -0.05) is 36.4 Å². The lowest BCUT2D eigenvalue weighted by molar-refractivity contribution is -0.138. The van der Waals surface area contributed by atoms with Gasteiger partial charge in [-0.25, -0.2) is 4.79 Å². The van der Waals surface area contributed by atoms with Crippen molar-refractivity contribution in [3.05, 3.63) is 77.0 Å². The van der Waals surface area contributed by atoms with Gasteiger partial charge in [-0.15, -0.1) is 0 Å². The molecule has 2 aromatic carbocycles.